The molecular formula is C19H27N5O3. The van der Waals surface area contributed by atoms with Gasteiger partial charge in [-0.2, -0.15) is 4.98 Å². The molecule has 1 aromatic carbocycles. The molecule has 1 fully saturated rings. The minimum Gasteiger partial charge on any atom is -0.493 e. The molecule has 2 heterocycles. The Hall–Kier alpha value is -2.58. The highest BCUT2D eigenvalue weighted by atomic mass is 16.5. The maximum atomic E-state index is 10.6. The summed E-state index contributed by atoms with van der Waals surface area (Å²) in [6.07, 6.45) is 2.87. The Bertz CT molecular complexity index is 765. The summed E-state index contributed by atoms with van der Waals surface area (Å²) in [4.78, 5) is 10.8. The van der Waals surface area contributed by atoms with E-state index < -0.39 is 5.60 Å². The number of hydrogen-bond acceptors (Lipinski definition) is 8. The average molecular weight is 373 g/mol. The minimum atomic E-state index is -0.931. The molecule has 3 rings (SSSR count). The first-order valence-electron chi connectivity index (χ1n) is 9.02. The van der Waals surface area contributed by atoms with Crippen LogP contribution in [0.25, 0.3) is 0 Å². The fraction of sp³-hybridized carbons (Fsp3) is 0.474. The van der Waals surface area contributed by atoms with Crippen LogP contribution in [0.4, 0.5) is 17.5 Å². The van der Waals surface area contributed by atoms with Crippen molar-refractivity contribution in [1.29, 1.82) is 0 Å². The number of nitrogens with zero attached hydrogens (tertiary/aromatic N) is 3. The van der Waals surface area contributed by atoms with E-state index in [9.17, 15) is 5.11 Å². The van der Waals surface area contributed by atoms with Crippen LogP contribution < -0.4 is 20.1 Å². The third-order valence-corrected chi connectivity index (χ3v) is 4.38. The molecule has 1 aliphatic rings. The number of aromatic nitrogens is 2. The van der Waals surface area contributed by atoms with Gasteiger partial charge in [0.25, 0.3) is 0 Å². The molecule has 1 aliphatic heterocycles. The third kappa shape index (κ3) is 5.21. The fourth-order valence-corrected chi connectivity index (χ4v) is 2.85. The largest absolute Gasteiger partial charge is 0.493 e. The molecule has 0 unspecified atom stereocenters. The molecule has 0 radical (unpaired) electrons. The van der Waals surface area contributed by atoms with Gasteiger partial charge in [0.1, 0.15) is 18.0 Å². The van der Waals surface area contributed by atoms with Gasteiger partial charge in [-0.3, -0.25) is 0 Å². The van der Waals surface area contributed by atoms with Gasteiger partial charge in [-0.25, -0.2) is 4.98 Å². The van der Waals surface area contributed by atoms with Crippen LogP contribution in [0.3, 0.4) is 0 Å². The van der Waals surface area contributed by atoms with Crippen molar-refractivity contribution in [2.45, 2.75) is 18.9 Å². The molecule has 3 N–H and O–H groups in total. The van der Waals surface area contributed by atoms with Gasteiger partial charge in [0.2, 0.25) is 5.95 Å². The van der Waals surface area contributed by atoms with Crippen molar-refractivity contribution in [1.82, 2.24) is 14.9 Å². The molecule has 0 aliphatic carbocycles. The van der Waals surface area contributed by atoms with Crippen LogP contribution in [0.1, 0.15) is 13.3 Å². The van der Waals surface area contributed by atoms with Crippen molar-refractivity contribution in [3.8, 4) is 11.5 Å². The molecule has 27 heavy (non-hydrogen) atoms. The Balaban J connectivity index is 1.69. The van der Waals surface area contributed by atoms with Gasteiger partial charge >= 0.3 is 0 Å². The highest BCUT2D eigenvalue weighted by Crippen LogP contribution is 2.32. The van der Waals surface area contributed by atoms with Crippen LogP contribution in [-0.4, -0.2) is 66.0 Å². The first-order valence-corrected chi connectivity index (χ1v) is 9.02. The van der Waals surface area contributed by atoms with Gasteiger partial charge in [0, 0.05) is 31.5 Å². The number of aliphatic hydroxyl groups is 1. The lowest BCUT2D eigenvalue weighted by molar-refractivity contribution is -0.0310. The summed E-state index contributed by atoms with van der Waals surface area (Å²) < 4.78 is 11.3. The predicted octanol–water partition coefficient (Wildman–Crippen LogP) is 2.11. The zero-order valence-electron chi connectivity index (χ0n) is 16.0. The number of ether oxygens (including phenoxy) is 2. The SMILES string of the molecule is CNc1ccnc(Nc2ccc(OC)c(OC[C@](C)(O)CN3CCC3)c2)n1. The zero-order valence-corrected chi connectivity index (χ0v) is 16.0. The molecule has 8 heteroatoms. The first-order chi connectivity index (χ1) is 13.0. The Labute approximate surface area is 159 Å². The molecule has 0 amide bonds. The number of β-amino-alcohol motifs (C(OH)–C–C–N with tert-alkyl or cyclic N) is 1. The highest BCUT2D eigenvalue weighted by molar-refractivity contribution is 5.60. The highest BCUT2D eigenvalue weighted by Gasteiger charge is 2.28. The van der Waals surface area contributed by atoms with Crippen LogP contribution in [0.15, 0.2) is 30.5 Å². The topological polar surface area (TPSA) is 91.8 Å². The van der Waals surface area contributed by atoms with Crippen LogP contribution in [-0.2, 0) is 0 Å². The Morgan fingerprint density at radius 1 is 1.26 bits per heavy atom. The van der Waals surface area contributed by atoms with Crippen LogP contribution in [0.5, 0.6) is 11.5 Å². The zero-order chi connectivity index (χ0) is 19.3. The molecule has 0 bridgehead atoms. The second kappa shape index (κ2) is 8.41. The Kier molecular flexibility index (Phi) is 5.98. The standard InChI is InChI=1S/C19H27N5O3/c1-19(25,12-24-9-4-10-24)13-27-16-11-14(5-6-15(16)26-3)22-18-21-8-7-17(20-2)23-18/h5-8,11,25H,4,9-10,12-13H2,1-3H3,(H2,20,21,22,23)/t19-/m1/s1. The van der Waals surface area contributed by atoms with Crippen molar-refractivity contribution in [2.24, 2.45) is 0 Å². The molecule has 1 aromatic heterocycles. The van der Waals surface area contributed by atoms with E-state index in [4.69, 9.17) is 9.47 Å². The van der Waals surface area contributed by atoms with Gasteiger partial charge in [-0.05, 0) is 44.6 Å². The maximum Gasteiger partial charge on any atom is 0.229 e. The quantitative estimate of drug-likeness (QED) is 0.616. The summed E-state index contributed by atoms with van der Waals surface area (Å²) in [5, 5.41) is 16.7. The van der Waals surface area contributed by atoms with Crippen molar-refractivity contribution >= 4 is 17.5 Å². The number of nitrogens with one attached hydrogen (secondary N) is 2. The molecule has 1 saturated heterocycles. The van der Waals surface area contributed by atoms with Crippen LogP contribution in [0, 0.1) is 0 Å². The van der Waals surface area contributed by atoms with Gasteiger partial charge in [0.15, 0.2) is 11.5 Å². The lowest BCUT2D eigenvalue weighted by atomic mass is 10.1. The van der Waals surface area contributed by atoms with E-state index in [0.717, 1.165) is 24.6 Å². The van der Waals surface area contributed by atoms with Crippen molar-refractivity contribution in [3.05, 3.63) is 30.5 Å². The van der Waals surface area contributed by atoms with E-state index in [1.165, 1.54) is 6.42 Å². The van der Waals surface area contributed by atoms with E-state index in [2.05, 4.69) is 25.5 Å². The van der Waals surface area contributed by atoms with E-state index in [-0.39, 0.29) is 6.61 Å². The van der Waals surface area contributed by atoms with Gasteiger partial charge in [-0.15, -0.1) is 0 Å². The second-order valence-electron chi connectivity index (χ2n) is 6.92. The molecular weight excluding hydrogens is 346 g/mol. The lowest BCUT2D eigenvalue weighted by Crippen LogP contribution is -2.50. The number of benzene rings is 1. The second-order valence-corrected chi connectivity index (χ2v) is 6.92. The fourth-order valence-electron chi connectivity index (χ4n) is 2.85. The van der Waals surface area contributed by atoms with Gasteiger partial charge < -0.3 is 30.1 Å². The van der Waals surface area contributed by atoms with Gasteiger partial charge in [0.05, 0.1) is 7.11 Å². The summed E-state index contributed by atoms with van der Waals surface area (Å²) >= 11 is 0. The smallest absolute Gasteiger partial charge is 0.229 e. The summed E-state index contributed by atoms with van der Waals surface area (Å²) in [6.45, 7) is 4.62. The first kappa shape index (κ1) is 19.2. The summed E-state index contributed by atoms with van der Waals surface area (Å²) in [5.41, 5.74) is -0.166. The average Bonchev–Trinajstić information content (AvgIpc) is 2.64. The van der Waals surface area contributed by atoms with E-state index in [1.54, 1.807) is 33.3 Å². The molecule has 2 aromatic rings. The number of methoxy groups -OCH3 is 1. The Morgan fingerprint density at radius 3 is 2.74 bits per heavy atom. The van der Waals surface area contributed by atoms with E-state index in [1.807, 2.05) is 18.2 Å². The third-order valence-electron chi connectivity index (χ3n) is 4.38. The summed E-state index contributed by atoms with van der Waals surface area (Å²) in [6, 6.07) is 7.27. The normalized spacial score (nSPS) is 16.1. The molecule has 8 nitrogen and oxygen atoms in total. The monoisotopic (exact) mass is 373 g/mol. The Morgan fingerprint density at radius 2 is 2.07 bits per heavy atom. The van der Waals surface area contributed by atoms with E-state index in [0.29, 0.717) is 24.0 Å². The van der Waals surface area contributed by atoms with Crippen molar-refractivity contribution < 1.29 is 14.6 Å². The molecule has 0 saturated carbocycles. The van der Waals surface area contributed by atoms with Crippen LogP contribution >= 0.6 is 0 Å². The maximum absolute atomic E-state index is 10.6. The van der Waals surface area contributed by atoms with Crippen molar-refractivity contribution in [2.75, 3.05) is 51.0 Å². The lowest BCUT2D eigenvalue weighted by Gasteiger charge is -2.36. The molecule has 1 atom stereocenters. The predicted molar refractivity (Wildman–Crippen MR) is 105 cm³/mol. The molecule has 146 valence electrons. The number of rotatable bonds is 9. The minimum absolute atomic E-state index is 0.176. The summed E-state index contributed by atoms with van der Waals surface area (Å²) in [7, 11) is 3.39. The van der Waals surface area contributed by atoms with Crippen molar-refractivity contribution in [3.63, 3.8) is 0 Å². The number of likely N-dealkylation sites (tertiary alicyclic amines) is 1. The summed E-state index contributed by atoms with van der Waals surface area (Å²) in [5.74, 6) is 2.35. The van der Waals surface area contributed by atoms with Crippen LogP contribution in [0.2, 0.25) is 0 Å². The van der Waals surface area contributed by atoms with Gasteiger partial charge in [-0.1, -0.05) is 0 Å². The number of hydrogen-bond donors (Lipinski definition) is 3. The van der Waals surface area contributed by atoms with E-state index >= 15 is 0 Å². The number of anilines is 3. The molecule has 0 spiro atoms.